The number of nitrogens with zero attached hydrogens (tertiary/aromatic N) is 1. The van der Waals surface area contributed by atoms with E-state index >= 15 is 0 Å². The van der Waals surface area contributed by atoms with Crippen LogP contribution in [-0.4, -0.2) is 18.0 Å². The summed E-state index contributed by atoms with van der Waals surface area (Å²) in [4.78, 5) is 13.9. The summed E-state index contributed by atoms with van der Waals surface area (Å²) in [7, 11) is 1.42. The second kappa shape index (κ2) is 8.70. The van der Waals surface area contributed by atoms with Crippen molar-refractivity contribution in [2.75, 3.05) is 7.11 Å². The number of allylic oxidation sites excluding steroid dienone is 4. The van der Waals surface area contributed by atoms with Gasteiger partial charge in [-0.1, -0.05) is 26.5 Å². The Balaban J connectivity index is 2.36. The largest absolute Gasteiger partial charge is 0.465 e. The van der Waals surface area contributed by atoms with Crippen molar-refractivity contribution in [3.8, 4) is 0 Å². The lowest BCUT2D eigenvalue weighted by atomic mass is 9.93. The van der Waals surface area contributed by atoms with Gasteiger partial charge in [-0.2, -0.15) is 0 Å². The van der Waals surface area contributed by atoms with Crippen molar-refractivity contribution in [1.82, 2.24) is 4.90 Å². The maximum absolute atomic E-state index is 11.9. The standard InChI is InChI=1S/C23H29NO2/c1-16(2)7-8-20-14-21(23(25)26-6)9-10-22(20)18(4)15-24-12-11-17(3)13-19(24)5/h9-16H,5,7-8H2,1-4,6H3/b18-15+. The molecule has 2 rings (SSSR count). The van der Waals surface area contributed by atoms with Gasteiger partial charge in [0.25, 0.3) is 0 Å². The lowest BCUT2D eigenvalue weighted by Crippen LogP contribution is -2.11. The highest BCUT2D eigenvalue weighted by atomic mass is 16.5. The first-order chi connectivity index (χ1) is 12.3. The summed E-state index contributed by atoms with van der Waals surface area (Å²) in [6.07, 6.45) is 10.2. The molecule has 1 heterocycles. The molecular weight excluding hydrogens is 322 g/mol. The molecule has 0 unspecified atom stereocenters. The van der Waals surface area contributed by atoms with Gasteiger partial charge in [-0.05, 0) is 79.2 Å². The summed E-state index contributed by atoms with van der Waals surface area (Å²) >= 11 is 0. The highest BCUT2D eigenvalue weighted by Gasteiger charge is 2.13. The predicted octanol–water partition coefficient (Wildman–Crippen LogP) is 5.71. The molecule has 0 saturated heterocycles. The molecule has 0 spiro atoms. The van der Waals surface area contributed by atoms with E-state index in [0.717, 1.165) is 29.7 Å². The smallest absolute Gasteiger partial charge is 0.337 e. The van der Waals surface area contributed by atoms with Crippen molar-refractivity contribution in [3.05, 3.63) is 77.3 Å². The third-order valence-corrected chi connectivity index (χ3v) is 4.50. The SMILES string of the molecule is C=C1C=C(C)C=CN1/C=C(\C)c1ccc(C(=O)OC)cc1CCC(C)C. The number of carbonyl (C=O) groups excluding carboxylic acids is 1. The van der Waals surface area contributed by atoms with Gasteiger partial charge in [0.2, 0.25) is 0 Å². The number of hydrogen-bond acceptors (Lipinski definition) is 3. The fourth-order valence-corrected chi connectivity index (χ4v) is 2.96. The van der Waals surface area contributed by atoms with Crippen LogP contribution in [-0.2, 0) is 11.2 Å². The maximum atomic E-state index is 11.9. The van der Waals surface area contributed by atoms with Crippen molar-refractivity contribution in [3.63, 3.8) is 0 Å². The molecule has 1 aromatic rings. The molecule has 138 valence electrons. The summed E-state index contributed by atoms with van der Waals surface area (Å²) in [5.41, 5.74) is 6.21. The van der Waals surface area contributed by atoms with Gasteiger partial charge < -0.3 is 9.64 Å². The average molecular weight is 351 g/mol. The Bertz CT molecular complexity index is 781. The second-order valence-corrected chi connectivity index (χ2v) is 7.21. The molecule has 1 aliphatic heterocycles. The molecule has 0 atom stereocenters. The molecule has 0 aliphatic carbocycles. The molecule has 0 amide bonds. The van der Waals surface area contributed by atoms with Gasteiger partial charge in [-0.25, -0.2) is 4.79 Å². The molecule has 0 N–H and O–H groups in total. The van der Waals surface area contributed by atoms with Crippen molar-refractivity contribution in [2.45, 2.75) is 40.5 Å². The number of esters is 1. The monoisotopic (exact) mass is 351 g/mol. The molecule has 0 saturated carbocycles. The number of aryl methyl sites for hydroxylation is 1. The van der Waals surface area contributed by atoms with Gasteiger partial charge in [0.05, 0.1) is 12.7 Å². The molecule has 3 heteroatoms. The first-order valence-electron chi connectivity index (χ1n) is 9.05. The second-order valence-electron chi connectivity index (χ2n) is 7.21. The number of rotatable bonds is 6. The van der Waals surface area contributed by atoms with Crippen LogP contribution in [0.25, 0.3) is 5.57 Å². The first kappa shape index (κ1) is 19.8. The Morgan fingerprint density at radius 2 is 2.08 bits per heavy atom. The van der Waals surface area contributed by atoms with Crippen LogP contribution in [0, 0.1) is 5.92 Å². The Morgan fingerprint density at radius 3 is 2.69 bits per heavy atom. The Kier molecular flexibility index (Phi) is 6.62. The number of benzene rings is 1. The van der Waals surface area contributed by atoms with Crippen LogP contribution in [0.4, 0.5) is 0 Å². The maximum Gasteiger partial charge on any atom is 0.337 e. The minimum Gasteiger partial charge on any atom is -0.465 e. The zero-order valence-corrected chi connectivity index (χ0v) is 16.5. The average Bonchev–Trinajstić information content (AvgIpc) is 2.61. The molecular formula is C23H29NO2. The molecule has 0 fully saturated rings. The van der Waals surface area contributed by atoms with Gasteiger partial charge in [0, 0.05) is 18.1 Å². The minimum absolute atomic E-state index is 0.295. The normalized spacial score (nSPS) is 14.7. The van der Waals surface area contributed by atoms with Gasteiger partial charge in [-0.15, -0.1) is 0 Å². The Morgan fingerprint density at radius 1 is 1.35 bits per heavy atom. The summed E-state index contributed by atoms with van der Waals surface area (Å²) in [6.45, 7) is 12.7. The molecule has 0 aromatic heterocycles. The Labute approximate surface area is 157 Å². The molecule has 3 nitrogen and oxygen atoms in total. The highest BCUT2D eigenvalue weighted by Crippen LogP contribution is 2.26. The Hall–Kier alpha value is -2.55. The molecule has 26 heavy (non-hydrogen) atoms. The summed E-state index contributed by atoms with van der Waals surface area (Å²) < 4.78 is 4.87. The van der Waals surface area contributed by atoms with Gasteiger partial charge in [0.15, 0.2) is 0 Å². The van der Waals surface area contributed by atoms with Gasteiger partial charge >= 0.3 is 5.97 Å². The summed E-state index contributed by atoms with van der Waals surface area (Å²) in [6, 6.07) is 5.82. The lowest BCUT2D eigenvalue weighted by Gasteiger charge is -2.22. The lowest BCUT2D eigenvalue weighted by molar-refractivity contribution is 0.0600. The first-order valence-corrected chi connectivity index (χ1v) is 9.05. The predicted molar refractivity (Wildman–Crippen MR) is 108 cm³/mol. The fourth-order valence-electron chi connectivity index (χ4n) is 2.96. The number of ether oxygens (including phenoxy) is 1. The van der Waals surface area contributed by atoms with E-state index in [9.17, 15) is 4.79 Å². The van der Waals surface area contributed by atoms with E-state index in [2.05, 4.69) is 52.6 Å². The number of carbonyl (C=O) groups is 1. The molecule has 1 aromatic carbocycles. The van der Waals surface area contributed by atoms with Gasteiger partial charge in [-0.3, -0.25) is 0 Å². The van der Waals surface area contributed by atoms with E-state index in [4.69, 9.17) is 4.74 Å². The van der Waals surface area contributed by atoms with E-state index < -0.39 is 0 Å². The number of methoxy groups -OCH3 is 1. The molecule has 1 aliphatic rings. The zero-order valence-electron chi connectivity index (χ0n) is 16.5. The van der Waals surface area contributed by atoms with E-state index in [1.165, 1.54) is 18.2 Å². The van der Waals surface area contributed by atoms with Crippen LogP contribution in [0.3, 0.4) is 0 Å². The molecule has 0 radical (unpaired) electrons. The third kappa shape index (κ3) is 4.98. The highest BCUT2D eigenvalue weighted by molar-refractivity contribution is 5.90. The summed E-state index contributed by atoms with van der Waals surface area (Å²) in [5, 5.41) is 0. The van der Waals surface area contributed by atoms with E-state index in [0.29, 0.717) is 11.5 Å². The van der Waals surface area contributed by atoms with Gasteiger partial charge in [0.1, 0.15) is 0 Å². The van der Waals surface area contributed by atoms with Crippen LogP contribution in [0.15, 0.2) is 60.6 Å². The fraction of sp³-hybridized carbons (Fsp3) is 0.348. The minimum atomic E-state index is -0.295. The molecule has 0 bridgehead atoms. The van der Waals surface area contributed by atoms with Crippen LogP contribution in [0.1, 0.15) is 55.6 Å². The van der Waals surface area contributed by atoms with Crippen molar-refractivity contribution in [2.24, 2.45) is 5.92 Å². The quantitative estimate of drug-likeness (QED) is 0.615. The van der Waals surface area contributed by atoms with Crippen LogP contribution in [0.5, 0.6) is 0 Å². The van der Waals surface area contributed by atoms with E-state index in [-0.39, 0.29) is 5.97 Å². The summed E-state index contributed by atoms with van der Waals surface area (Å²) in [5.74, 6) is 0.309. The van der Waals surface area contributed by atoms with Crippen molar-refractivity contribution < 1.29 is 9.53 Å². The third-order valence-electron chi connectivity index (χ3n) is 4.50. The van der Waals surface area contributed by atoms with E-state index in [1.54, 1.807) is 0 Å². The van der Waals surface area contributed by atoms with Crippen molar-refractivity contribution >= 4 is 11.5 Å². The van der Waals surface area contributed by atoms with Crippen LogP contribution in [0.2, 0.25) is 0 Å². The zero-order chi connectivity index (χ0) is 19.3. The van der Waals surface area contributed by atoms with Crippen molar-refractivity contribution in [1.29, 1.82) is 0 Å². The van der Waals surface area contributed by atoms with Crippen LogP contribution >= 0.6 is 0 Å². The number of hydrogen-bond donors (Lipinski definition) is 0. The topological polar surface area (TPSA) is 29.5 Å². The van der Waals surface area contributed by atoms with Crippen LogP contribution < -0.4 is 0 Å². The van der Waals surface area contributed by atoms with E-state index in [1.807, 2.05) is 29.3 Å².